The van der Waals surface area contributed by atoms with Crippen molar-refractivity contribution in [2.75, 3.05) is 5.32 Å². The summed E-state index contributed by atoms with van der Waals surface area (Å²) in [5.41, 5.74) is 1.49. The summed E-state index contributed by atoms with van der Waals surface area (Å²) < 4.78 is 67.3. The quantitative estimate of drug-likeness (QED) is 0.571. The number of amides is 1. The first kappa shape index (κ1) is 22.2. The fraction of sp³-hybridized carbons (Fsp3) is 0.100. The van der Waals surface area contributed by atoms with Crippen molar-refractivity contribution < 1.29 is 31.1 Å². The van der Waals surface area contributed by atoms with Gasteiger partial charge in [0.05, 0.1) is 16.8 Å². The first-order valence-electron chi connectivity index (χ1n) is 8.78. The number of pyridine rings is 1. The van der Waals surface area contributed by atoms with Gasteiger partial charge >= 0.3 is 6.36 Å². The van der Waals surface area contributed by atoms with Crippen LogP contribution in [0.4, 0.5) is 18.9 Å². The van der Waals surface area contributed by atoms with Crippen molar-refractivity contribution in [3.63, 3.8) is 0 Å². The third kappa shape index (κ3) is 6.52. The number of nitrogens with one attached hydrogen (secondary N) is 2. The number of benzene rings is 2. The number of rotatable bonds is 7. The maximum Gasteiger partial charge on any atom is 0.573 e. The van der Waals surface area contributed by atoms with E-state index >= 15 is 0 Å². The summed E-state index contributed by atoms with van der Waals surface area (Å²) in [6.07, 6.45) is -1.78. The van der Waals surface area contributed by atoms with Crippen LogP contribution in [0.15, 0.2) is 78.0 Å². The maximum atomic E-state index is 12.3. The molecule has 1 aromatic heterocycles. The molecule has 0 atom stereocenters. The number of carbonyl (C=O) groups is 1. The molecular formula is C20H16F3N3O4S. The van der Waals surface area contributed by atoms with Gasteiger partial charge in [-0.05, 0) is 54.1 Å². The average Bonchev–Trinajstić information content (AvgIpc) is 2.73. The highest BCUT2D eigenvalue weighted by Crippen LogP contribution is 2.24. The van der Waals surface area contributed by atoms with Crippen LogP contribution in [0.25, 0.3) is 0 Å². The highest BCUT2D eigenvalue weighted by molar-refractivity contribution is 7.89. The summed E-state index contributed by atoms with van der Waals surface area (Å²) in [6, 6.07) is 13.5. The first-order valence-corrected chi connectivity index (χ1v) is 10.3. The Hall–Kier alpha value is -3.44. The maximum absolute atomic E-state index is 12.3. The highest BCUT2D eigenvalue weighted by Gasteiger charge is 2.31. The van der Waals surface area contributed by atoms with Crippen molar-refractivity contribution in [1.29, 1.82) is 0 Å². The molecule has 3 aromatic rings. The Morgan fingerprint density at radius 3 is 2.26 bits per heavy atom. The van der Waals surface area contributed by atoms with Gasteiger partial charge in [0.25, 0.3) is 5.91 Å². The number of nitrogens with zero attached hydrogens (tertiary/aromatic N) is 1. The van der Waals surface area contributed by atoms with Crippen LogP contribution in [0.5, 0.6) is 5.75 Å². The van der Waals surface area contributed by atoms with E-state index in [2.05, 4.69) is 19.8 Å². The fourth-order valence-corrected chi connectivity index (χ4v) is 3.51. The Morgan fingerprint density at radius 2 is 1.68 bits per heavy atom. The lowest BCUT2D eigenvalue weighted by Gasteiger charge is -2.10. The van der Waals surface area contributed by atoms with Gasteiger partial charge in [-0.15, -0.1) is 13.2 Å². The minimum Gasteiger partial charge on any atom is -0.406 e. The molecule has 1 heterocycles. The van der Waals surface area contributed by atoms with Gasteiger partial charge in [-0.2, -0.15) is 0 Å². The van der Waals surface area contributed by atoms with Gasteiger partial charge in [-0.25, -0.2) is 13.1 Å². The van der Waals surface area contributed by atoms with Crippen molar-refractivity contribution >= 4 is 21.6 Å². The normalized spacial score (nSPS) is 11.7. The number of carbonyl (C=O) groups excluding carboxylic acids is 1. The van der Waals surface area contributed by atoms with Crippen LogP contribution < -0.4 is 14.8 Å². The molecular weight excluding hydrogens is 435 g/mol. The van der Waals surface area contributed by atoms with Crippen molar-refractivity contribution in [2.24, 2.45) is 0 Å². The lowest BCUT2D eigenvalue weighted by Crippen LogP contribution is -2.23. The third-order valence-electron chi connectivity index (χ3n) is 3.97. The molecule has 0 radical (unpaired) electrons. The molecule has 3 rings (SSSR count). The van der Waals surface area contributed by atoms with Crippen LogP contribution in [0, 0.1) is 0 Å². The number of hydrogen-bond acceptors (Lipinski definition) is 5. The molecule has 0 bridgehead atoms. The number of sulfonamides is 1. The van der Waals surface area contributed by atoms with E-state index in [1.165, 1.54) is 6.20 Å². The standard InChI is InChI=1S/C20H16F3N3O4S/c21-20(22,23)30-17-7-9-18(10-8-17)31(28,29)25-12-14-3-5-15(6-4-14)19(27)26-16-2-1-11-24-13-16/h1-11,13,25H,12H2,(H,26,27). The van der Waals surface area contributed by atoms with Crippen molar-refractivity contribution in [3.8, 4) is 5.75 Å². The zero-order chi connectivity index (χ0) is 22.5. The lowest BCUT2D eigenvalue weighted by molar-refractivity contribution is -0.274. The number of aromatic nitrogens is 1. The topological polar surface area (TPSA) is 97.4 Å². The second kappa shape index (κ2) is 9.14. The first-order chi connectivity index (χ1) is 14.6. The Labute approximate surface area is 175 Å². The van der Waals surface area contributed by atoms with E-state index in [1.54, 1.807) is 42.6 Å². The van der Waals surface area contributed by atoms with Gasteiger partial charge in [0.15, 0.2) is 0 Å². The molecule has 31 heavy (non-hydrogen) atoms. The van der Waals surface area contributed by atoms with Gasteiger partial charge in [0.2, 0.25) is 10.0 Å². The number of alkyl halides is 3. The molecule has 162 valence electrons. The zero-order valence-electron chi connectivity index (χ0n) is 15.8. The number of hydrogen-bond donors (Lipinski definition) is 2. The minimum absolute atomic E-state index is 0.0758. The largest absolute Gasteiger partial charge is 0.573 e. The molecule has 0 saturated carbocycles. The molecule has 7 nitrogen and oxygen atoms in total. The van der Waals surface area contributed by atoms with E-state index in [9.17, 15) is 26.4 Å². The van der Waals surface area contributed by atoms with Gasteiger partial charge in [0, 0.05) is 18.3 Å². The molecule has 1 amide bonds. The molecule has 0 aliphatic heterocycles. The van der Waals surface area contributed by atoms with E-state index in [1.807, 2.05) is 0 Å². The van der Waals surface area contributed by atoms with Crippen molar-refractivity contribution in [1.82, 2.24) is 9.71 Å². The summed E-state index contributed by atoms with van der Waals surface area (Å²) in [5, 5.41) is 2.68. The molecule has 2 aromatic carbocycles. The van der Waals surface area contributed by atoms with Crippen LogP contribution in [-0.4, -0.2) is 25.7 Å². The molecule has 0 spiro atoms. The second-order valence-electron chi connectivity index (χ2n) is 6.24. The molecule has 0 fully saturated rings. The SMILES string of the molecule is O=C(Nc1cccnc1)c1ccc(CNS(=O)(=O)c2ccc(OC(F)(F)F)cc2)cc1. The Balaban J connectivity index is 1.59. The molecule has 0 unspecified atom stereocenters. The van der Waals surface area contributed by atoms with Crippen LogP contribution >= 0.6 is 0 Å². The predicted octanol–water partition coefficient (Wildman–Crippen LogP) is 3.71. The summed E-state index contributed by atoms with van der Waals surface area (Å²) in [6.45, 7) is -0.0758. The average molecular weight is 451 g/mol. The summed E-state index contributed by atoms with van der Waals surface area (Å²) in [5.74, 6) is -0.868. The zero-order valence-corrected chi connectivity index (χ0v) is 16.6. The Bertz CT molecular complexity index is 1140. The monoisotopic (exact) mass is 451 g/mol. The smallest absolute Gasteiger partial charge is 0.406 e. The van der Waals surface area contributed by atoms with E-state index in [-0.39, 0.29) is 17.3 Å². The summed E-state index contributed by atoms with van der Waals surface area (Å²) >= 11 is 0. The summed E-state index contributed by atoms with van der Waals surface area (Å²) in [4.78, 5) is 15.9. The number of halogens is 3. The Morgan fingerprint density at radius 1 is 1.00 bits per heavy atom. The van der Waals surface area contributed by atoms with Crippen LogP contribution in [0.1, 0.15) is 15.9 Å². The lowest BCUT2D eigenvalue weighted by atomic mass is 10.1. The van der Waals surface area contributed by atoms with E-state index in [0.29, 0.717) is 16.8 Å². The van der Waals surface area contributed by atoms with Crippen molar-refractivity contribution in [2.45, 2.75) is 17.8 Å². The summed E-state index contributed by atoms with van der Waals surface area (Å²) in [7, 11) is -3.96. The van der Waals surface area contributed by atoms with E-state index in [4.69, 9.17) is 0 Å². The molecule has 0 saturated heterocycles. The van der Waals surface area contributed by atoms with Gasteiger partial charge in [-0.1, -0.05) is 12.1 Å². The third-order valence-corrected chi connectivity index (χ3v) is 5.39. The van der Waals surface area contributed by atoms with E-state index in [0.717, 1.165) is 24.3 Å². The molecule has 0 aliphatic rings. The molecule has 11 heteroatoms. The van der Waals surface area contributed by atoms with Gasteiger partial charge in [-0.3, -0.25) is 9.78 Å². The van der Waals surface area contributed by atoms with Crippen molar-refractivity contribution in [3.05, 3.63) is 84.2 Å². The van der Waals surface area contributed by atoms with Gasteiger partial charge < -0.3 is 10.1 Å². The minimum atomic E-state index is -4.86. The van der Waals surface area contributed by atoms with Crippen LogP contribution in [-0.2, 0) is 16.6 Å². The fourth-order valence-electron chi connectivity index (χ4n) is 2.50. The highest BCUT2D eigenvalue weighted by atomic mass is 32.2. The molecule has 0 aliphatic carbocycles. The van der Waals surface area contributed by atoms with Crippen LogP contribution in [0.3, 0.4) is 0 Å². The number of anilines is 1. The molecule has 2 N–H and O–H groups in total. The predicted molar refractivity (Wildman–Crippen MR) is 106 cm³/mol. The van der Waals surface area contributed by atoms with Gasteiger partial charge in [0.1, 0.15) is 5.75 Å². The van der Waals surface area contributed by atoms with E-state index < -0.39 is 22.1 Å². The van der Waals surface area contributed by atoms with Crippen LogP contribution in [0.2, 0.25) is 0 Å². The second-order valence-corrected chi connectivity index (χ2v) is 8.00. The Kier molecular flexibility index (Phi) is 6.56. The number of ether oxygens (including phenoxy) is 1.